The Morgan fingerprint density at radius 1 is 1.07 bits per heavy atom. The van der Waals surface area contributed by atoms with Gasteiger partial charge in [-0.15, -0.1) is 0 Å². The van der Waals surface area contributed by atoms with E-state index in [1.807, 2.05) is 36.7 Å². The molecule has 4 heterocycles. The van der Waals surface area contributed by atoms with Crippen molar-refractivity contribution < 1.29 is 13.4 Å². The number of aromatic nitrogens is 3. The van der Waals surface area contributed by atoms with Crippen molar-refractivity contribution in [1.29, 1.82) is 0 Å². The quantitative estimate of drug-likeness (QED) is 0.225. The van der Waals surface area contributed by atoms with Crippen LogP contribution in [0.1, 0.15) is 5.56 Å². The van der Waals surface area contributed by atoms with Gasteiger partial charge in [-0.25, -0.2) is 8.96 Å². The van der Waals surface area contributed by atoms with E-state index >= 15 is 4.39 Å². The van der Waals surface area contributed by atoms with Gasteiger partial charge >= 0.3 is 5.71 Å². The maximum Gasteiger partial charge on any atom is 0.346 e. The van der Waals surface area contributed by atoms with Crippen molar-refractivity contribution in [3.8, 4) is 0 Å². The van der Waals surface area contributed by atoms with Gasteiger partial charge in [-0.05, 0) is 29.6 Å². The molecule has 0 N–H and O–H groups in total. The van der Waals surface area contributed by atoms with E-state index in [4.69, 9.17) is 4.42 Å². The predicted molar refractivity (Wildman–Crippen MR) is 118 cm³/mol. The van der Waals surface area contributed by atoms with Gasteiger partial charge in [-0.3, -0.25) is 0 Å². The highest BCUT2D eigenvalue weighted by Crippen LogP contribution is 2.41. The summed E-state index contributed by atoms with van der Waals surface area (Å²) in [7, 11) is 0.155. The number of hydrogen-bond donors (Lipinski definition) is 0. The minimum Gasteiger partial charge on any atom is -0.427 e. The Hall–Kier alpha value is -2.99. The number of aryl methyl sites for hydroxylation is 2. The molecule has 6 heteroatoms. The molecule has 0 saturated carbocycles. The molecule has 0 aliphatic rings. The highest BCUT2D eigenvalue weighted by Gasteiger charge is 2.34. The Labute approximate surface area is 167 Å². The van der Waals surface area contributed by atoms with Crippen LogP contribution in [0.2, 0.25) is 19.6 Å². The van der Waals surface area contributed by atoms with Crippen LogP contribution in [-0.2, 0) is 7.05 Å². The van der Waals surface area contributed by atoms with Gasteiger partial charge < -0.3 is 8.82 Å². The highest BCUT2D eigenvalue weighted by molar-refractivity contribution is 6.89. The van der Waals surface area contributed by atoms with Gasteiger partial charge in [0.1, 0.15) is 24.7 Å². The van der Waals surface area contributed by atoms with E-state index in [0.29, 0.717) is 11.1 Å². The molecule has 4 nitrogen and oxygen atoms in total. The number of benzene rings is 2. The van der Waals surface area contributed by atoms with Crippen LogP contribution >= 0.6 is 0 Å². The zero-order valence-electron chi connectivity index (χ0n) is 17.1. The van der Waals surface area contributed by atoms with Gasteiger partial charge in [0.25, 0.3) is 6.33 Å². The molecule has 0 unspecified atom stereocenters. The maximum absolute atomic E-state index is 15.3. The lowest BCUT2D eigenvalue weighted by Gasteiger charge is -2.15. The first kappa shape index (κ1) is 16.9. The minimum absolute atomic E-state index is 0.175. The third kappa shape index (κ3) is 1.92. The summed E-state index contributed by atoms with van der Waals surface area (Å²) in [5.74, 6) is -0.175. The Bertz CT molecular complexity index is 1620. The van der Waals surface area contributed by atoms with Gasteiger partial charge in [0.05, 0.1) is 29.0 Å². The Morgan fingerprint density at radius 2 is 1.83 bits per heavy atom. The average Bonchev–Trinajstić information content (AvgIpc) is 3.20. The topological polar surface area (TPSA) is 34.3 Å². The molecule has 0 bridgehead atoms. The standard InChI is InChI=1S/C23H21FN3OSi/c1-12-10-14(24)17-13-8-6-7-9-15(13)27-20(17)16(12)19-18-21(27)23(29(3,4)5)28-22(18)25-11-26(19)2/h6-11H,1-5H3/q+1. The molecular weight excluding hydrogens is 381 g/mol. The molecule has 144 valence electrons. The fourth-order valence-corrected chi connectivity index (χ4v) is 6.23. The molecule has 0 saturated heterocycles. The molecule has 0 atom stereocenters. The number of para-hydroxylation sites is 1. The van der Waals surface area contributed by atoms with Crippen molar-refractivity contribution in [2.75, 3.05) is 0 Å². The molecule has 0 aliphatic carbocycles. The zero-order valence-corrected chi connectivity index (χ0v) is 18.1. The number of rotatable bonds is 1. The smallest absolute Gasteiger partial charge is 0.346 e. The summed E-state index contributed by atoms with van der Waals surface area (Å²) in [6.07, 6.45) is 1.80. The molecule has 0 radical (unpaired) electrons. The van der Waals surface area contributed by atoms with Crippen molar-refractivity contribution in [2.24, 2.45) is 7.05 Å². The number of fused-ring (bicyclic) bond motifs is 5. The van der Waals surface area contributed by atoms with Crippen LogP contribution in [0.5, 0.6) is 0 Å². The number of nitrogens with zero attached hydrogens (tertiary/aromatic N) is 3. The lowest BCUT2D eigenvalue weighted by Crippen LogP contribution is -2.37. The SMILES string of the molecule is Cc1cc(F)c2c3ccccc3n3c4c([Si](C)(C)C)oc5nc[n+](C)c(c1c23)c54. The predicted octanol–water partition coefficient (Wildman–Crippen LogP) is 4.80. The van der Waals surface area contributed by atoms with Crippen molar-refractivity contribution in [3.05, 3.63) is 48.0 Å². The highest BCUT2D eigenvalue weighted by atomic mass is 28.3. The average molecular weight is 403 g/mol. The summed E-state index contributed by atoms with van der Waals surface area (Å²) >= 11 is 0. The first-order valence-corrected chi connectivity index (χ1v) is 13.3. The van der Waals surface area contributed by atoms with Crippen molar-refractivity contribution in [3.63, 3.8) is 0 Å². The van der Waals surface area contributed by atoms with Gasteiger partial charge in [-0.1, -0.05) is 37.8 Å². The summed E-state index contributed by atoms with van der Waals surface area (Å²) < 4.78 is 26.0. The van der Waals surface area contributed by atoms with E-state index in [2.05, 4.69) is 35.1 Å². The summed E-state index contributed by atoms with van der Waals surface area (Å²) in [5, 5.41) is 4.70. The second kappa shape index (κ2) is 5.13. The number of halogens is 1. The largest absolute Gasteiger partial charge is 0.427 e. The summed E-state index contributed by atoms with van der Waals surface area (Å²) in [5.41, 5.74) is 5.61. The van der Waals surface area contributed by atoms with Gasteiger partial charge in [0, 0.05) is 10.8 Å². The Balaban J connectivity index is 2.14. The first-order chi connectivity index (χ1) is 13.8. The van der Waals surface area contributed by atoms with Crippen LogP contribution in [0, 0.1) is 12.7 Å². The van der Waals surface area contributed by atoms with Crippen LogP contribution in [0.15, 0.2) is 41.1 Å². The second-order valence-electron chi connectivity index (χ2n) is 9.04. The minimum atomic E-state index is -1.84. The molecule has 2 aromatic carbocycles. The lowest BCUT2D eigenvalue weighted by atomic mass is 10.0. The fourth-order valence-electron chi connectivity index (χ4n) is 4.88. The van der Waals surface area contributed by atoms with E-state index in [9.17, 15) is 0 Å². The molecule has 0 fully saturated rings. The normalized spacial score (nSPS) is 13.2. The monoisotopic (exact) mass is 402 g/mol. The molecule has 0 aliphatic heterocycles. The Morgan fingerprint density at radius 3 is 2.59 bits per heavy atom. The van der Waals surface area contributed by atoms with E-state index in [1.165, 1.54) is 0 Å². The molecule has 0 spiro atoms. The third-order valence-electron chi connectivity index (χ3n) is 6.03. The van der Waals surface area contributed by atoms with E-state index in [0.717, 1.165) is 49.2 Å². The van der Waals surface area contributed by atoms with Crippen LogP contribution < -0.4 is 9.95 Å². The van der Waals surface area contributed by atoms with Gasteiger partial charge in [-0.2, -0.15) is 0 Å². The molecule has 6 aromatic rings. The summed E-state index contributed by atoms with van der Waals surface area (Å²) in [4.78, 5) is 4.60. The first-order valence-electron chi connectivity index (χ1n) is 9.83. The van der Waals surface area contributed by atoms with Crippen LogP contribution in [0.3, 0.4) is 0 Å². The molecule has 0 amide bonds. The number of furan rings is 1. The Kier molecular flexibility index (Phi) is 2.99. The van der Waals surface area contributed by atoms with E-state index in [1.54, 1.807) is 12.4 Å². The van der Waals surface area contributed by atoms with Crippen LogP contribution in [0.4, 0.5) is 4.39 Å². The zero-order chi connectivity index (χ0) is 20.2. The molecule has 29 heavy (non-hydrogen) atoms. The van der Waals surface area contributed by atoms with Crippen LogP contribution in [-0.4, -0.2) is 17.5 Å². The molecule has 4 aromatic heterocycles. The number of pyridine rings is 1. The number of hydrogen-bond acceptors (Lipinski definition) is 2. The summed E-state index contributed by atoms with van der Waals surface area (Å²) in [6, 6.07) is 9.73. The van der Waals surface area contributed by atoms with Crippen molar-refractivity contribution >= 4 is 62.8 Å². The third-order valence-corrected chi connectivity index (χ3v) is 7.73. The van der Waals surface area contributed by atoms with Gasteiger partial charge in [0.15, 0.2) is 5.52 Å². The van der Waals surface area contributed by atoms with E-state index < -0.39 is 8.07 Å². The molecular formula is C23H21FN3OSi+. The molecule has 6 rings (SSSR count). The van der Waals surface area contributed by atoms with Gasteiger partial charge in [0.2, 0.25) is 0 Å². The summed E-state index contributed by atoms with van der Waals surface area (Å²) in [6.45, 7) is 8.80. The second-order valence-corrected chi connectivity index (χ2v) is 14.0. The van der Waals surface area contributed by atoms with Crippen LogP contribution in [0.25, 0.3) is 49.3 Å². The fraction of sp³-hybridized carbons (Fsp3) is 0.217. The maximum atomic E-state index is 15.3. The lowest BCUT2D eigenvalue weighted by molar-refractivity contribution is -0.647. The van der Waals surface area contributed by atoms with E-state index in [-0.39, 0.29) is 5.82 Å². The van der Waals surface area contributed by atoms with Crippen molar-refractivity contribution in [1.82, 2.24) is 9.38 Å². The van der Waals surface area contributed by atoms with Crippen molar-refractivity contribution in [2.45, 2.75) is 26.6 Å².